The Hall–Kier alpha value is -2.42. The summed E-state index contributed by atoms with van der Waals surface area (Å²) < 4.78 is 33.1. The van der Waals surface area contributed by atoms with Crippen LogP contribution in [0.5, 0.6) is 5.75 Å². The van der Waals surface area contributed by atoms with Crippen molar-refractivity contribution in [3.8, 4) is 5.75 Å². The van der Waals surface area contributed by atoms with Crippen molar-refractivity contribution in [2.75, 3.05) is 32.1 Å². The molecule has 27 heavy (non-hydrogen) atoms. The lowest BCUT2D eigenvalue weighted by Gasteiger charge is -2.18. The van der Waals surface area contributed by atoms with E-state index < -0.39 is 10.2 Å². The molecule has 0 aliphatic carbocycles. The van der Waals surface area contributed by atoms with Crippen molar-refractivity contribution >= 4 is 21.8 Å². The highest BCUT2D eigenvalue weighted by atomic mass is 32.2. The molecule has 0 spiro atoms. The second-order valence-electron chi connectivity index (χ2n) is 6.44. The number of ether oxygens (including phenoxy) is 1. The van der Waals surface area contributed by atoms with Gasteiger partial charge in [-0.15, -0.1) is 0 Å². The summed E-state index contributed by atoms with van der Waals surface area (Å²) in [4.78, 5) is 12.3. The van der Waals surface area contributed by atoms with Crippen LogP contribution in [0.25, 0.3) is 0 Å². The summed E-state index contributed by atoms with van der Waals surface area (Å²) in [6, 6.07) is 14.7. The monoisotopic (exact) mass is 389 g/mol. The van der Waals surface area contributed by atoms with Crippen LogP contribution in [0.15, 0.2) is 48.5 Å². The van der Waals surface area contributed by atoms with Crippen LogP contribution in [0.3, 0.4) is 0 Å². The first kappa shape index (κ1) is 19.3. The van der Waals surface area contributed by atoms with E-state index in [1.165, 1.54) is 8.61 Å². The second kappa shape index (κ2) is 8.08. The number of anilines is 1. The van der Waals surface area contributed by atoms with Gasteiger partial charge in [0.05, 0.1) is 13.7 Å². The predicted octanol–water partition coefficient (Wildman–Crippen LogP) is 2.00. The van der Waals surface area contributed by atoms with Gasteiger partial charge in [0.1, 0.15) is 5.75 Å². The van der Waals surface area contributed by atoms with Crippen LogP contribution in [-0.4, -0.2) is 49.7 Å². The lowest BCUT2D eigenvalue weighted by molar-refractivity contribution is -0.116. The number of carbonyl (C=O) groups is 1. The molecule has 0 bridgehead atoms. The molecule has 144 valence electrons. The molecule has 3 rings (SSSR count). The van der Waals surface area contributed by atoms with Gasteiger partial charge in [0.2, 0.25) is 5.91 Å². The third-order valence-corrected chi connectivity index (χ3v) is 6.33. The Balaban J connectivity index is 1.62. The third-order valence-electron chi connectivity index (χ3n) is 4.40. The molecule has 1 aliphatic heterocycles. The van der Waals surface area contributed by atoms with Gasteiger partial charge in [0.25, 0.3) is 10.2 Å². The normalized spacial score (nSPS) is 17.0. The molecule has 1 fully saturated rings. The van der Waals surface area contributed by atoms with Crippen molar-refractivity contribution in [1.82, 2.24) is 8.61 Å². The van der Waals surface area contributed by atoms with Gasteiger partial charge in [-0.25, -0.2) is 0 Å². The van der Waals surface area contributed by atoms with Crippen molar-refractivity contribution in [3.63, 3.8) is 0 Å². The predicted molar refractivity (Wildman–Crippen MR) is 104 cm³/mol. The quantitative estimate of drug-likeness (QED) is 0.820. The van der Waals surface area contributed by atoms with Gasteiger partial charge in [0, 0.05) is 31.4 Å². The summed E-state index contributed by atoms with van der Waals surface area (Å²) in [7, 11) is -2.11. The molecule has 0 aromatic heterocycles. The molecule has 1 aliphatic rings. The van der Waals surface area contributed by atoms with E-state index in [1.54, 1.807) is 31.4 Å². The highest BCUT2D eigenvalue weighted by Crippen LogP contribution is 2.21. The number of rotatable bonds is 6. The van der Waals surface area contributed by atoms with E-state index in [0.29, 0.717) is 31.1 Å². The molecule has 1 amide bonds. The molecule has 2 aromatic rings. The lowest BCUT2D eigenvalue weighted by atomic mass is 10.1. The highest BCUT2D eigenvalue weighted by molar-refractivity contribution is 7.87. The minimum Gasteiger partial charge on any atom is -0.497 e. The van der Waals surface area contributed by atoms with E-state index in [2.05, 4.69) is 5.32 Å². The van der Waals surface area contributed by atoms with Gasteiger partial charge in [-0.3, -0.25) is 4.79 Å². The fourth-order valence-corrected chi connectivity index (χ4v) is 4.44. The Bertz CT molecular complexity index is 913. The number of nitrogens with one attached hydrogen (secondary N) is 1. The number of amides is 1. The SMILES string of the molecule is COc1cccc(NC(=O)CN2CCN(Cc3ccc(C)cc3)S2(=O)=O)c1. The van der Waals surface area contributed by atoms with Gasteiger partial charge in [-0.05, 0) is 24.6 Å². The number of nitrogens with zero attached hydrogens (tertiary/aromatic N) is 2. The smallest absolute Gasteiger partial charge is 0.282 e. The number of aryl methyl sites for hydroxylation is 1. The Labute approximate surface area is 159 Å². The first-order valence-corrected chi connectivity index (χ1v) is 10.0. The number of hydrogen-bond acceptors (Lipinski definition) is 4. The van der Waals surface area contributed by atoms with Gasteiger partial charge in [-0.2, -0.15) is 17.0 Å². The molecule has 0 radical (unpaired) electrons. The minimum absolute atomic E-state index is 0.218. The Kier molecular flexibility index (Phi) is 5.79. The topological polar surface area (TPSA) is 79.0 Å². The second-order valence-corrected chi connectivity index (χ2v) is 8.37. The van der Waals surface area contributed by atoms with Crippen LogP contribution in [-0.2, 0) is 21.5 Å². The fraction of sp³-hybridized carbons (Fsp3) is 0.316. The number of benzene rings is 2. The maximum atomic E-state index is 12.7. The molecular formula is C19H23N3O4S. The molecule has 0 atom stereocenters. The average Bonchev–Trinajstić information content (AvgIpc) is 2.91. The molecule has 2 aromatic carbocycles. The van der Waals surface area contributed by atoms with Gasteiger partial charge < -0.3 is 10.1 Å². The van der Waals surface area contributed by atoms with Crippen LogP contribution in [0.4, 0.5) is 5.69 Å². The van der Waals surface area contributed by atoms with Crippen molar-refractivity contribution < 1.29 is 17.9 Å². The zero-order valence-corrected chi connectivity index (χ0v) is 16.2. The molecule has 1 N–H and O–H groups in total. The molecule has 8 heteroatoms. The molecule has 1 heterocycles. The highest BCUT2D eigenvalue weighted by Gasteiger charge is 2.37. The first-order valence-electron chi connectivity index (χ1n) is 8.63. The summed E-state index contributed by atoms with van der Waals surface area (Å²) in [5.41, 5.74) is 2.61. The summed E-state index contributed by atoms with van der Waals surface area (Å²) in [6.07, 6.45) is 0. The average molecular weight is 389 g/mol. The molecule has 0 unspecified atom stereocenters. The minimum atomic E-state index is -3.66. The molecule has 0 saturated carbocycles. The summed E-state index contributed by atoms with van der Waals surface area (Å²) in [5, 5.41) is 2.71. The Morgan fingerprint density at radius 1 is 1.11 bits per heavy atom. The van der Waals surface area contributed by atoms with E-state index in [4.69, 9.17) is 4.74 Å². The Morgan fingerprint density at radius 2 is 1.81 bits per heavy atom. The molecule has 1 saturated heterocycles. The lowest BCUT2D eigenvalue weighted by Crippen LogP contribution is -2.37. The first-order chi connectivity index (χ1) is 12.9. The van der Waals surface area contributed by atoms with Crippen LogP contribution < -0.4 is 10.1 Å². The maximum absolute atomic E-state index is 12.7. The van der Waals surface area contributed by atoms with E-state index >= 15 is 0 Å². The van der Waals surface area contributed by atoms with Crippen molar-refractivity contribution in [2.24, 2.45) is 0 Å². The standard InChI is InChI=1S/C19H23N3O4S/c1-15-6-8-16(9-7-15)13-21-10-11-22(27(21,24)25)14-19(23)20-17-4-3-5-18(12-17)26-2/h3-9,12H,10-11,13-14H2,1-2H3,(H,20,23). The zero-order valence-electron chi connectivity index (χ0n) is 15.4. The van der Waals surface area contributed by atoms with Crippen LogP contribution in [0.2, 0.25) is 0 Å². The van der Waals surface area contributed by atoms with Gasteiger partial charge in [0.15, 0.2) is 0 Å². The largest absolute Gasteiger partial charge is 0.497 e. The van der Waals surface area contributed by atoms with E-state index in [1.807, 2.05) is 31.2 Å². The molecular weight excluding hydrogens is 366 g/mol. The maximum Gasteiger partial charge on any atom is 0.282 e. The zero-order chi connectivity index (χ0) is 19.4. The number of carbonyl (C=O) groups excluding carboxylic acids is 1. The summed E-state index contributed by atoms with van der Waals surface area (Å²) >= 11 is 0. The van der Waals surface area contributed by atoms with E-state index in [9.17, 15) is 13.2 Å². The van der Waals surface area contributed by atoms with Gasteiger partial charge in [-0.1, -0.05) is 35.9 Å². The van der Waals surface area contributed by atoms with E-state index in [-0.39, 0.29) is 12.5 Å². The summed E-state index contributed by atoms with van der Waals surface area (Å²) in [6.45, 7) is 2.72. The van der Waals surface area contributed by atoms with Crippen LogP contribution >= 0.6 is 0 Å². The van der Waals surface area contributed by atoms with Crippen molar-refractivity contribution in [3.05, 3.63) is 59.7 Å². The van der Waals surface area contributed by atoms with Gasteiger partial charge >= 0.3 is 0 Å². The van der Waals surface area contributed by atoms with Crippen LogP contribution in [0, 0.1) is 6.92 Å². The number of methoxy groups -OCH3 is 1. The fourth-order valence-electron chi connectivity index (χ4n) is 2.90. The number of hydrogen-bond donors (Lipinski definition) is 1. The summed E-state index contributed by atoms with van der Waals surface area (Å²) in [5.74, 6) is 0.231. The Morgan fingerprint density at radius 3 is 2.52 bits per heavy atom. The van der Waals surface area contributed by atoms with Crippen LogP contribution in [0.1, 0.15) is 11.1 Å². The molecule has 7 nitrogen and oxygen atoms in total. The van der Waals surface area contributed by atoms with Crippen molar-refractivity contribution in [2.45, 2.75) is 13.5 Å². The van der Waals surface area contributed by atoms with E-state index in [0.717, 1.165) is 11.1 Å². The third kappa shape index (κ3) is 4.65. The van der Waals surface area contributed by atoms with Crippen molar-refractivity contribution in [1.29, 1.82) is 0 Å².